The number of carbonyl (C=O) groups is 1. The van der Waals surface area contributed by atoms with Crippen molar-refractivity contribution in [2.45, 2.75) is 38.2 Å². The number of β-lactam (4-membered cyclic amide) rings is 1. The van der Waals surface area contributed by atoms with Crippen LogP contribution in [0, 0.1) is 5.92 Å². The summed E-state index contributed by atoms with van der Waals surface area (Å²) in [5, 5.41) is 2.90. The minimum atomic E-state index is -0.727. The average Bonchev–Trinajstić information content (AvgIpc) is 2.34. The normalized spacial score (nSPS) is 32.2. The summed E-state index contributed by atoms with van der Waals surface area (Å²) in [6.07, 6.45) is 8.78. The summed E-state index contributed by atoms with van der Waals surface area (Å²) in [5.41, 5.74) is 0. The molecule has 0 aromatic carbocycles. The van der Waals surface area contributed by atoms with E-state index in [4.69, 9.17) is 9.47 Å². The molecule has 1 N–H and O–H groups in total. The monoisotopic (exact) mass is 237 g/mol. The van der Waals surface area contributed by atoms with Crippen molar-refractivity contribution in [1.82, 2.24) is 5.32 Å². The van der Waals surface area contributed by atoms with Gasteiger partial charge in [-0.05, 0) is 20.3 Å². The summed E-state index contributed by atoms with van der Waals surface area (Å²) in [4.78, 5) is 11.5. The Kier molecular flexibility index (Phi) is 3.35. The molecule has 0 saturated carbocycles. The molecule has 3 atom stereocenters. The van der Waals surface area contributed by atoms with Gasteiger partial charge in [-0.15, -0.1) is 0 Å². The Labute approximate surface area is 102 Å². The number of allylic oxidation sites excluding steroid dienone is 3. The van der Waals surface area contributed by atoms with Crippen LogP contribution in [0.1, 0.15) is 20.3 Å². The van der Waals surface area contributed by atoms with Crippen molar-refractivity contribution < 1.29 is 14.3 Å². The van der Waals surface area contributed by atoms with Gasteiger partial charge in [0.2, 0.25) is 0 Å². The highest BCUT2D eigenvalue weighted by Gasteiger charge is 2.46. The molecule has 4 heteroatoms. The Balaban J connectivity index is 1.98. The Hall–Kier alpha value is -1.13. The largest absolute Gasteiger partial charge is 0.354 e. The molecule has 0 bridgehead atoms. The van der Waals surface area contributed by atoms with Gasteiger partial charge < -0.3 is 14.8 Å². The first-order chi connectivity index (χ1) is 8.03. The Morgan fingerprint density at radius 3 is 2.71 bits per heavy atom. The van der Waals surface area contributed by atoms with Crippen LogP contribution in [0.15, 0.2) is 24.3 Å². The van der Waals surface area contributed by atoms with Crippen LogP contribution in [0.5, 0.6) is 0 Å². The molecule has 1 aliphatic carbocycles. The van der Waals surface area contributed by atoms with E-state index < -0.39 is 11.9 Å². The van der Waals surface area contributed by atoms with Gasteiger partial charge in [-0.3, -0.25) is 4.79 Å². The molecule has 0 aromatic heterocycles. The molecular weight excluding hydrogens is 218 g/mol. The molecule has 94 valence electrons. The van der Waals surface area contributed by atoms with Crippen molar-refractivity contribution in [2.24, 2.45) is 5.92 Å². The van der Waals surface area contributed by atoms with E-state index in [2.05, 4.69) is 17.5 Å². The number of nitrogens with one attached hydrogen (secondary N) is 1. The lowest BCUT2D eigenvalue weighted by atomic mass is 9.84. The van der Waals surface area contributed by atoms with Gasteiger partial charge in [0.15, 0.2) is 11.9 Å². The molecule has 4 nitrogen and oxygen atoms in total. The van der Waals surface area contributed by atoms with Crippen LogP contribution in [0.3, 0.4) is 0 Å². The summed E-state index contributed by atoms with van der Waals surface area (Å²) in [7, 11) is 1.58. The Bertz CT molecular complexity index is 360. The van der Waals surface area contributed by atoms with Crippen LogP contribution in [-0.2, 0) is 14.3 Å². The fourth-order valence-corrected chi connectivity index (χ4v) is 2.07. The molecule has 2 rings (SSSR count). The Morgan fingerprint density at radius 1 is 1.41 bits per heavy atom. The van der Waals surface area contributed by atoms with Crippen LogP contribution in [0.25, 0.3) is 0 Å². The molecule has 1 heterocycles. The highest BCUT2D eigenvalue weighted by molar-refractivity contribution is 5.88. The summed E-state index contributed by atoms with van der Waals surface area (Å²) in [5.74, 6) is -0.465. The van der Waals surface area contributed by atoms with E-state index in [0.29, 0.717) is 5.92 Å². The topological polar surface area (TPSA) is 47.6 Å². The maximum Gasteiger partial charge on any atom is 0.251 e. The molecule has 0 spiro atoms. The van der Waals surface area contributed by atoms with Crippen molar-refractivity contribution in [3.05, 3.63) is 24.3 Å². The van der Waals surface area contributed by atoms with Crippen LogP contribution in [-0.4, -0.2) is 30.9 Å². The third-order valence-corrected chi connectivity index (χ3v) is 3.27. The molecule has 1 saturated heterocycles. The average molecular weight is 237 g/mol. The zero-order valence-electron chi connectivity index (χ0n) is 10.5. The number of methoxy groups -OCH3 is 1. The fourth-order valence-electron chi connectivity index (χ4n) is 2.07. The van der Waals surface area contributed by atoms with E-state index >= 15 is 0 Å². The van der Waals surface area contributed by atoms with Gasteiger partial charge in [-0.25, -0.2) is 0 Å². The first kappa shape index (κ1) is 12.3. The lowest BCUT2D eigenvalue weighted by Crippen LogP contribution is -2.67. The maximum atomic E-state index is 11.5. The van der Waals surface area contributed by atoms with E-state index in [1.54, 1.807) is 7.11 Å². The predicted octanol–water partition coefficient (Wildman–Crippen LogP) is 1.38. The van der Waals surface area contributed by atoms with Gasteiger partial charge in [0.05, 0.1) is 6.04 Å². The maximum absolute atomic E-state index is 11.5. The van der Waals surface area contributed by atoms with Gasteiger partial charge in [0, 0.05) is 13.0 Å². The quantitative estimate of drug-likeness (QED) is 0.593. The molecule has 17 heavy (non-hydrogen) atoms. The number of ether oxygens (including phenoxy) is 2. The minimum Gasteiger partial charge on any atom is -0.354 e. The molecule has 1 unspecified atom stereocenters. The number of rotatable bonds is 4. The molecule has 1 fully saturated rings. The fraction of sp³-hybridized carbons (Fsp3) is 0.615. The first-order valence-electron chi connectivity index (χ1n) is 5.90. The SMILES string of the molecule is COC(C)(C)O[C@H]1C(=O)N[C@H]1C1C=CC=CC1. The zero-order valence-corrected chi connectivity index (χ0v) is 10.5. The number of hydrogen-bond donors (Lipinski definition) is 1. The van der Waals surface area contributed by atoms with Crippen molar-refractivity contribution in [3.63, 3.8) is 0 Å². The number of carbonyl (C=O) groups excluding carboxylic acids is 1. The van der Waals surface area contributed by atoms with Crippen LogP contribution >= 0.6 is 0 Å². The summed E-state index contributed by atoms with van der Waals surface area (Å²) >= 11 is 0. The predicted molar refractivity (Wildman–Crippen MR) is 64.3 cm³/mol. The summed E-state index contributed by atoms with van der Waals surface area (Å²) in [6.45, 7) is 3.62. The van der Waals surface area contributed by atoms with Crippen molar-refractivity contribution in [3.8, 4) is 0 Å². The van der Waals surface area contributed by atoms with Gasteiger partial charge in [-0.1, -0.05) is 24.3 Å². The van der Waals surface area contributed by atoms with Crippen molar-refractivity contribution in [1.29, 1.82) is 0 Å². The second-order valence-electron chi connectivity index (χ2n) is 4.89. The highest BCUT2D eigenvalue weighted by Crippen LogP contribution is 2.28. The summed E-state index contributed by atoms with van der Waals surface area (Å²) in [6, 6.07) is 0.0538. The van der Waals surface area contributed by atoms with Crippen LogP contribution in [0.4, 0.5) is 0 Å². The second kappa shape index (κ2) is 4.63. The standard InChI is InChI=1S/C13H19NO3/c1-13(2,16-3)17-11-10(14-12(11)15)9-7-5-4-6-8-9/h4-7,9-11H,8H2,1-3H3,(H,14,15)/t9?,10-,11+/m0/s1. The minimum absolute atomic E-state index is 0.0527. The van der Waals surface area contributed by atoms with Gasteiger partial charge >= 0.3 is 0 Å². The number of amides is 1. The molecule has 2 aliphatic rings. The Morgan fingerprint density at radius 2 is 2.18 bits per heavy atom. The van der Waals surface area contributed by atoms with Gasteiger partial charge in [0.25, 0.3) is 5.91 Å². The second-order valence-corrected chi connectivity index (χ2v) is 4.89. The molecule has 0 radical (unpaired) electrons. The van der Waals surface area contributed by atoms with Crippen LogP contribution in [0.2, 0.25) is 0 Å². The van der Waals surface area contributed by atoms with Crippen LogP contribution < -0.4 is 5.32 Å². The first-order valence-corrected chi connectivity index (χ1v) is 5.90. The highest BCUT2D eigenvalue weighted by atomic mass is 16.7. The lowest BCUT2D eigenvalue weighted by Gasteiger charge is -2.43. The van der Waals surface area contributed by atoms with Gasteiger partial charge in [-0.2, -0.15) is 0 Å². The molecule has 0 aromatic rings. The summed E-state index contributed by atoms with van der Waals surface area (Å²) < 4.78 is 10.9. The molecule has 1 amide bonds. The lowest BCUT2D eigenvalue weighted by molar-refractivity contribution is -0.239. The van der Waals surface area contributed by atoms with Crippen molar-refractivity contribution in [2.75, 3.05) is 7.11 Å². The molecular formula is C13H19NO3. The van der Waals surface area contributed by atoms with E-state index in [1.165, 1.54) is 0 Å². The van der Waals surface area contributed by atoms with E-state index in [1.807, 2.05) is 26.0 Å². The van der Waals surface area contributed by atoms with Crippen molar-refractivity contribution >= 4 is 5.91 Å². The smallest absolute Gasteiger partial charge is 0.251 e. The zero-order chi connectivity index (χ0) is 12.5. The molecule has 1 aliphatic heterocycles. The number of hydrogen-bond acceptors (Lipinski definition) is 3. The third-order valence-electron chi connectivity index (χ3n) is 3.27. The van der Waals surface area contributed by atoms with E-state index in [-0.39, 0.29) is 11.9 Å². The third kappa shape index (κ3) is 2.58. The van der Waals surface area contributed by atoms with E-state index in [9.17, 15) is 4.79 Å². The van der Waals surface area contributed by atoms with E-state index in [0.717, 1.165) is 6.42 Å². The van der Waals surface area contributed by atoms with Gasteiger partial charge in [0.1, 0.15) is 0 Å².